The van der Waals surface area contributed by atoms with E-state index in [1.54, 1.807) is 0 Å². The summed E-state index contributed by atoms with van der Waals surface area (Å²) in [6, 6.07) is 10.9. The van der Waals surface area contributed by atoms with Crippen LogP contribution in [0.5, 0.6) is 0 Å². The van der Waals surface area contributed by atoms with Gasteiger partial charge in [0.05, 0.1) is 18.4 Å². The predicted molar refractivity (Wildman–Crippen MR) is 97.0 cm³/mol. The van der Waals surface area contributed by atoms with Crippen molar-refractivity contribution in [3.8, 4) is 0 Å². The lowest BCUT2D eigenvalue weighted by Crippen LogP contribution is -2.49. The molecule has 3 heterocycles. The summed E-state index contributed by atoms with van der Waals surface area (Å²) in [6.45, 7) is 3.59. The molecule has 0 saturated carbocycles. The molecule has 2 aromatic rings. The highest BCUT2D eigenvalue weighted by Crippen LogP contribution is 2.26. The van der Waals surface area contributed by atoms with Crippen molar-refractivity contribution in [3.63, 3.8) is 0 Å². The maximum Gasteiger partial charge on any atom is 0.240 e. The summed E-state index contributed by atoms with van der Waals surface area (Å²) in [5.41, 5.74) is 1.29. The molecule has 2 aliphatic rings. The van der Waals surface area contributed by atoms with Gasteiger partial charge < -0.3 is 9.47 Å². The number of piperidine rings is 1. The molecule has 5 heteroatoms. The highest BCUT2D eigenvalue weighted by Gasteiger charge is 2.35. The number of hydrogen-bond donors (Lipinski definition) is 0. The second-order valence-electron chi connectivity index (χ2n) is 7.20. The molecule has 0 aliphatic carbocycles. The van der Waals surface area contributed by atoms with E-state index in [-0.39, 0.29) is 6.04 Å². The number of hydrogen-bond acceptors (Lipinski definition) is 3. The molecule has 5 nitrogen and oxygen atoms in total. The topological polar surface area (TPSA) is 41.4 Å². The van der Waals surface area contributed by atoms with E-state index in [0.717, 1.165) is 51.9 Å². The molecule has 1 amide bonds. The largest absolute Gasteiger partial charge is 0.339 e. The van der Waals surface area contributed by atoms with Gasteiger partial charge in [0.25, 0.3) is 0 Å². The van der Waals surface area contributed by atoms with Crippen LogP contribution in [0.2, 0.25) is 0 Å². The fourth-order valence-electron chi connectivity index (χ4n) is 4.21. The lowest BCUT2D eigenvalue weighted by Gasteiger charge is -2.36. The van der Waals surface area contributed by atoms with Gasteiger partial charge in [0, 0.05) is 32.0 Å². The lowest BCUT2D eigenvalue weighted by atomic mass is 10.0. The molecular formula is C20H26N4O. The molecule has 0 radical (unpaired) electrons. The van der Waals surface area contributed by atoms with E-state index in [4.69, 9.17) is 0 Å². The van der Waals surface area contributed by atoms with E-state index < -0.39 is 0 Å². The van der Waals surface area contributed by atoms with E-state index in [1.165, 1.54) is 5.56 Å². The van der Waals surface area contributed by atoms with Gasteiger partial charge in [-0.2, -0.15) is 0 Å². The number of imidazole rings is 1. The lowest BCUT2D eigenvalue weighted by molar-refractivity contribution is -0.137. The Morgan fingerprint density at radius 1 is 1.12 bits per heavy atom. The second kappa shape index (κ2) is 7.40. The predicted octanol–water partition coefficient (Wildman–Crippen LogP) is 2.71. The van der Waals surface area contributed by atoms with Gasteiger partial charge in [0.1, 0.15) is 0 Å². The SMILES string of the molecule is O=C([C@H]1CCCN1Cc1ccccc1)N1CCC[C@H](n2ccnc2)C1. The van der Waals surface area contributed by atoms with E-state index in [2.05, 4.69) is 43.6 Å². The first-order valence-electron chi connectivity index (χ1n) is 9.35. The Morgan fingerprint density at radius 3 is 2.76 bits per heavy atom. The van der Waals surface area contributed by atoms with Gasteiger partial charge in [-0.15, -0.1) is 0 Å². The average molecular weight is 338 g/mol. The first kappa shape index (κ1) is 16.3. The van der Waals surface area contributed by atoms with Gasteiger partial charge in [-0.05, 0) is 37.8 Å². The van der Waals surface area contributed by atoms with Gasteiger partial charge in [0.2, 0.25) is 5.91 Å². The van der Waals surface area contributed by atoms with Crippen molar-refractivity contribution in [2.75, 3.05) is 19.6 Å². The molecule has 0 spiro atoms. The number of amides is 1. The van der Waals surface area contributed by atoms with Crippen LogP contribution in [0.15, 0.2) is 49.1 Å². The summed E-state index contributed by atoms with van der Waals surface area (Å²) < 4.78 is 2.15. The van der Waals surface area contributed by atoms with Crippen LogP contribution < -0.4 is 0 Å². The Kier molecular flexibility index (Phi) is 4.83. The zero-order valence-electron chi connectivity index (χ0n) is 14.6. The zero-order valence-corrected chi connectivity index (χ0v) is 14.6. The molecular weight excluding hydrogens is 312 g/mol. The Labute approximate surface area is 149 Å². The highest BCUT2D eigenvalue weighted by atomic mass is 16.2. The van der Waals surface area contributed by atoms with Crippen molar-refractivity contribution in [2.45, 2.75) is 44.3 Å². The normalized spacial score (nSPS) is 24.6. The van der Waals surface area contributed by atoms with Crippen molar-refractivity contribution >= 4 is 5.91 Å². The van der Waals surface area contributed by atoms with E-state index in [9.17, 15) is 4.79 Å². The van der Waals surface area contributed by atoms with E-state index in [0.29, 0.717) is 11.9 Å². The molecule has 2 atom stereocenters. The minimum Gasteiger partial charge on any atom is -0.339 e. The standard InChI is InChI=1S/C20H26N4O/c25-20(23-12-4-8-18(15-23)24-13-10-21-16-24)19-9-5-11-22(19)14-17-6-2-1-3-7-17/h1-3,6-7,10,13,16,18-19H,4-5,8-9,11-12,14-15H2/t18-,19+/m0/s1. The molecule has 25 heavy (non-hydrogen) atoms. The third kappa shape index (κ3) is 3.61. The molecule has 0 bridgehead atoms. The van der Waals surface area contributed by atoms with Crippen molar-refractivity contribution in [1.29, 1.82) is 0 Å². The van der Waals surface area contributed by atoms with Crippen LogP contribution in [-0.4, -0.2) is 50.9 Å². The van der Waals surface area contributed by atoms with Gasteiger partial charge in [0.15, 0.2) is 0 Å². The summed E-state index contributed by atoms with van der Waals surface area (Å²) in [7, 11) is 0. The maximum atomic E-state index is 13.2. The van der Waals surface area contributed by atoms with E-state index >= 15 is 0 Å². The molecule has 0 N–H and O–H groups in total. The number of rotatable bonds is 4. The minimum absolute atomic E-state index is 0.0433. The third-order valence-electron chi connectivity index (χ3n) is 5.53. The van der Waals surface area contributed by atoms with Crippen LogP contribution in [0.4, 0.5) is 0 Å². The van der Waals surface area contributed by atoms with Crippen molar-refractivity contribution in [2.24, 2.45) is 0 Å². The van der Waals surface area contributed by atoms with Crippen molar-refractivity contribution in [3.05, 3.63) is 54.6 Å². The first-order chi connectivity index (χ1) is 12.3. The van der Waals surface area contributed by atoms with Gasteiger partial charge >= 0.3 is 0 Å². The Hall–Kier alpha value is -2.14. The van der Waals surface area contributed by atoms with Crippen molar-refractivity contribution < 1.29 is 4.79 Å². The number of nitrogens with zero attached hydrogens (tertiary/aromatic N) is 4. The number of likely N-dealkylation sites (tertiary alicyclic amines) is 2. The fraction of sp³-hybridized carbons (Fsp3) is 0.500. The summed E-state index contributed by atoms with van der Waals surface area (Å²) in [5, 5.41) is 0. The second-order valence-corrected chi connectivity index (χ2v) is 7.20. The number of carbonyl (C=O) groups excluding carboxylic acids is 1. The van der Waals surface area contributed by atoms with Crippen LogP contribution in [0.1, 0.15) is 37.3 Å². The number of benzene rings is 1. The fourth-order valence-corrected chi connectivity index (χ4v) is 4.21. The molecule has 2 fully saturated rings. The van der Waals surface area contributed by atoms with Crippen molar-refractivity contribution in [1.82, 2.24) is 19.4 Å². The molecule has 1 aromatic heterocycles. The molecule has 2 saturated heterocycles. The summed E-state index contributed by atoms with van der Waals surface area (Å²) in [4.78, 5) is 21.8. The van der Waals surface area contributed by atoms with Crippen LogP contribution in [0.3, 0.4) is 0 Å². The van der Waals surface area contributed by atoms with Crippen LogP contribution in [0.25, 0.3) is 0 Å². The van der Waals surface area contributed by atoms with Gasteiger partial charge in [-0.1, -0.05) is 30.3 Å². The first-order valence-corrected chi connectivity index (χ1v) is 9.35. The molecule has 1 aromatic carbocycles. The minimum atomic E-state index is 0.0433. The monoisotopic (exact) mass is 338 g/mol. The van der Waals surface area contributed by atoms with Crippen LogP contribution >= 0.6 is 0 Å². The zero-order chi connectivity index (χ0) is 17.1. The third-order valence-corrected chi connectivity index (χ3v) is 5.53. The molecule has 0 unspecified atom stereocenters. The van der Waals surface area contributed by atoms with E-state index in [1.807, 2.05) is 24.8 Å². The molecule has 4 rings (SSSR count). The molecule has 132 valence electrons. The summed E-state index contributed by atoms with van der Waals surface area (Å²) >= 11 is 0. The number of carbonyl (C=O) groups is 1. The maximum absolute atomic E-state index is 13.2. The average Bonchev–Trinajstić information content (AvgIpc) is 3.34. The van der Waals surface area contributed by atoms with Gasteiger partial charge in [-0.3, -0.25) is 9.69 Å². The Bertz CT molecular complexity index is 685. The van der Waals surface area contributed by atoms with Crippen LogP contribution in [0, 0.1) is 0 Å². The van der Waals surface area contributed by atoms with Crippen LogP contribution in [-0.2, 0) is 11.3 Å². The quantitative estimate of drug-likeness (QED) is 0.861. The number of aromatic nitrogens is 2. The Morgan fingerprint density at radius 2 is 1.96 bits per heavy atom. The summed E-state index contributed by atoms with van der Waals surface area (Å²) in [5.74, 6) is 0.318. The highest BCUT2D eigenvalue weighted by molar-refractivity contribution is 5.82. The van der Waals surface area contributed by atoms with Gasteiger partial charge in [-0.25, -0.2) is 4.98 Å². The Balaban J connectivity index is 1.42. The smallest absolute Gasteiger partial charge is 0.240 e. The summed E-state index contributed by atoms with van der Waals surface area (Å²) in [6.07, 6.45) is 9.99. The molecule has 2 aliphatic heterocycles.